The van der Waals surface area contributed by atoms with Gasteiger partial charge in [-0.25, -0.2) is 19.2 Å². The molecule has 0 bridgehead atoms. The van der Waals surface area contributed by atoms with Gasteiger partial charge >= 0.3 is 6.03 Å². The Bertz CT molecular complexity index is 1020. The van der Waals surface area contributed by atoms with Gasteiger partial charge in [0.05, 0.1) is 37.1 Å². The van der Waals surface area contributed by atoms with Crippen molar-refractivity contribution in [3.8, 4) is 11.4 Å². The second kappa shape index (κ2) is 9.98. The van der Waals surface area contributed by atoms with Gasteiger partial charge in [-0.2, -0.15) is 0 Å². The number of urea groups is 1. The van der Waals surface area contributed by atoms with Crippen LogP contribution in [-0.2, 0) is 17.8 Å². The average molecular weight is 459 g/mol. The highest BCUT2D eigenvalue weighted by atomic mass is 19.1. The van der Waals surface area contributed by atoms with Gasteiger partial charge in [-0.15, -0.1) is 0 Å². The van der Waals surface area contributed by atoms with Crippen LogP contribution in [-0.4, -0.2) is 71.0 Å². The summed E-state index contributed by atoms with van der Waals surface area (Å²) < 4.78 is 20.7. The van der Waals surface area contributed by atoms with E-state index in [0.717, 1.165) is 30.2 Å². The third-order valence-corrected chi connectivity index (χ3v) is 6.02. The van der Waals surface area contributed by atoms with Crippen LogP contribution in [0.15, 0.2) is 18.2 Å². The lowest BCUT2D eigenvalue weighted by Crippen LogP contribution is -2.44. The maximum absolute atomic E-state index is 15.1. The molecule has 3 N–H and O–H groups in total. The molecule has 2 aromatic rings. The number of halogens is 1. The predicted molar refractivity (Wildman–Crippen MR) is 124 cm³/mol. The minimum absolute atomic E-state index is 0.117. The number of aliphatic hydroxyl groups is 1. The number of nitrogens with zero attached hydrogens (tertiary/aromatic N) is 4. The SMILES string of the molecule is CC(C)N1Cc2nc(-c3ccc(NC(=O)NCCO)cc3F)nc(N3CCOC[C@@H]3C)c2C1. The van der Waals surface area contributed by atoms with Crippen molar-refractivity contribution < 1.29 is 19.0 Å². The third-order valence-electron chi connectivity index (χ3n) is 6.02. The maximum Gasteiger partial charge on any atom is 0.319 e. The molecule has 9 nitrogen and oxygen atoms in total. The Kier molecular flexibility index (Phi) is 7.06. The van der Waals surface area contributed by atoms with E-state index in [4.69, 9.17) is 19.8 Å². The molecule has 3 heterocycles. The molecule has 0 unspecified atom stereocenters. The molecule has 0 radical (unpaired) electrons. The number of hydrogen-bond donors (Lipinski definition) is 3. The summed E-state index contributed by atoms with van der Waals surface area (Å²) in [6.45, 7) is 9.78. The van der Waals surface area contributed by atoms with Gasteiger partial charge in [0, 0.05) is 43.5 Å². The molecule has 1 fully saturated rings. The first-order valence-electron chi connectivity index (χ1n) is 11.3. The van der Waals surface area contributed by atoms with Crippen LogP contribution in [0, 0.1) is 5.82 Å². The van der Waals surface area contributed by atoms with Crippen LogP contribution in [0.1, 0.15) is 32.0 Å². The normalized spacial score (nSPS) is 18.5. The lowest BCUT2D eigenvalue weighted by molar-refractivity contribution is 0.0984. The van der Waals surface area contributed by atoms with E-state index in [9.17, 15) is 4.79 Å². The topological polar surface area (TPSA) is 103 Å². The van der Waals surface area contributed by atoms with Gasteiger partial charge in [0.1, 0.15) is 11.6 Å². The van der Waals surface area contributed by atoms with Gasteiger partial charge < -0.3 is 25.4 Å². The number of fused-ring (bicyclic) bond motifs is 1. The Morgan fingerprint density at radius 3 is 2.85 bits per heavy atom. The van der Waals surface area contributed by atoms with Crippen LogP contribution < -0.4 is 15.5 Å². The minimum atomic E-state index is -0.519. The summed E-state index contributed by atoms with van der Waals surface area (Å²) in [7, 11) is 0. The lowest BCUT2D eigenvalue weighted by atomic mass is 10.1. The number of aromatic nitrogens is 2. The number of nitrogens with one attached hydrogen (secondary N) is 2. The standard InChI is InChI=1S/C23H31FN6O3/c1-14(2)29-11-18-20(12-29)27-21(28-22(18)30-7-9-33-13-15(30)3)17-5-4-16(10-19(17)24)26-23(32)25-6-8-31/h4-5,10,14-15,31H,6-9,11-13H2,1-3H3,(H2,25,26,32)/t15-/m0/s1. The maximum atomic E-state index is 15.1. The van der Waals surface area contributed by atoms with Gasteiger partial charge in [0.2, 0.25) is 0 Å². The molecule has 2 aliphatic rings. The first kappa shape index (κ1) is 23.3. The Hall–Kier alpha value is -2.82. The number of hydrogen-bond acceptors (Lipinski definition) is 7. The summed E-state index contributed by atoms with van der Waals surface area (Å²) in [5, 5.41) is 13.8. The minimum Gasteiger partial charge on any atom is -0.395 e. The highest BCUT2D eigenvalue weighted by Gasteiger charge is 2.32. The third kappa shape index (κ3) is 5.07. The van der Waals surface area contributed by atoms with Crippen molar-refractivity contribution >= 4 is 17.5 Å². The van der Waals surface area contributed by atoms with Crippen LogP contribution in [0.4, 0.5) is 20.7 Å². The molecule has 2 aliphatic heterocycles. The molecule has 1 atom stereocenters. The van der Waals surface area contributed by atoms with Crippen LogP contribution in [0.3, 0.4) is 0 Å². The number of morpholine rings is 1. The zero-order chi connectivity index (χ0) is 23.5. The molecular formula is C23H31FN6O3. The quantitative estimate of drug-likeness (QED) is 0.611. The summed E-state index contributed by atoms with van der Waals surface area (Å²) in [5.41, 5.74) is 2.61. The first-order valence-corrected chi connectivity index (χ1v) is 11.3. The number of carbonyl (C=O) groups is 1. The summed E-state index contributed by atoms with van der Waals surface area (Å²) in [5.74, 6) is 0.662. The van der Waals surface area contributed by atoms with E-state index in [0.29, 0.717) is 37.3 Å². The number of aliphatic hydroxyl groups excluding tert-OH is 1. The molecular weight excluding hydrogens is 427 g/mol. The number of benzene rings is 1. The van der Waals surface area contributed by atoms with E-state index in [-0.39, 0.29) is 24.8 Å². The van der Waals surface area contributed by atoms with Crippen molar-refractivity contribution in [1.29, 1.82) is 0 Å². The summed E-state index contributed by atoms with van der Waals surface area (Å²) in [6.07, 6.45) is 0. The second-order valence-corrected chi connectivity index (χ2v) is 8.71. The number of amides is 2. The number of carbonyl (C=O) groups excluding carboxylic acids is 1. The van der Waals surface area contributed by atoms with Crippen LogP contribution >= 0.6 is 0 Å². The molecule has 2 amide bonds. The molecule has 1 aromatic heterocycles. The second-order valence-electron chi connectivity index (χ2n) is 8.71. The van der Waals surface area contributed by atoms with E-state index in [1.54, 1.807) is 12.1 Å². The molecule has 33 heavy (non-hydrogen) atoms. The van der Waals surface area contributed by atoms with Crippen LogP contribution in [0.25, 0.3) is 11.4 Å². The Morgan fingerprint density at radius 2 is 2.15 bits per heavy atom. The number of ether oxygens (including phenoxy) is 1. The number of anilines is 2. The smallest absolute Gasteiger partial charge is 0.319 e. The fraction of sp³-hybridized carbons (Fsp3) is 0.522. The van der Waals surface area contributed by atoms with Gasteiger partial charge in [-0.1, -0.05) is 0 Å². The van der Waals surface area contributed by atoms with Crippen molar-refractivity contribution in [2.45, 2.75) is 45.9 Å². The van der Waals surface area contributed by atoms with E-state index in [2.05, 4.69) is 41.2 Å². The summed E-state index contributed by atoms with van der Waals surface area (Å²) in [6, 6.07) is 4.46. The van der Waals surface area contributed by atoms with Crippen molar-refractivity contribution in [2.24, 2.45) is 0 Å². The molecule has 178 valence electrons. The molecule has 1 saturated heterocycles. The average Bonchev–Trinajstić information content (AvgIpc) is 3.22. The fourth-order valence-electron chi connectivity index (χ4n) is 4.15. The zero-order valence-electron chi connectivity index (χ0n) is 19.3. The largest absolute Gasteiger partial charge is 0.395 e. The van der Waals surface area contributed by atoms with Crippen molar-refractivity contribution in [2.75, 3.05) is 43.1 Å². The van der Waals surface area contributed by atoms with Crippen molar-refractivity contribution in [1.82, 2.24) is 20.2 Å². The summed E-state index contributed by atoms with van der Waals surface area (Å²) in [4.78, 5) is 25.9. The van der Waals surface area contributed by atoms with Crippen molar-refractivity contribution in [3.05, 3.63) is 35.3 Å². The van der Waals surface area contributed by atoms with E-state index in [1.807, 2.05) is 0 Å². The van der Waals surface area contributed by atoms with E-state index in [1.165, 1.54) is 6.07 Å². The zero-order valence-corrected chi connectivity index (χ0v) is 19.3. The molecule has 0 aliphatic carbocycles. The highest BCUT2D eigenvalue weighted by Crippen LogP contribution is 2.35. The Labute approximate surface area is 193 Å². The monoisotopic (exact) mass is 458 g/mol. The highest BCUT2D eigenvalue weighted by molar-refractivity contribution is 5.89. The Balaban J connectivity index is 1.68. The van der Waals surface area contributed by atoms with Gasteiger partial charge in [0.15, 0.2) is 5.82 Å². The number of rotatable bonds is 6. The lowest BCUT2D eigenvalue weighted by Gasteiger charge is -2.35. The first-order chi connectivity index (χ1) is 15.9. The summed E-state index contributed by atoms with van der Waals surface area (Å²) >= 11 is 0. The van der Waals surface area contributed by atoms with Crippen molar-refractivity contribution in [3.63, 3.8) is 0 Å². The molecule has 1 aromatic carbocycles. The Morgan fingerprint density at radius 1 is 1.33 bits per heavy atom. The van der Waals surface area contributed by atoms with Gasteiger partial charge in [-0.05, 0) is 39.0 Å². The molecule has 0 saturated carbocycles. The molecule has 4 rings (SSSR count). The van der Waals surface area contributed by atoms with Gasteiger partial charge in [0.25, 0.3) is 0 Å². The van der Waals surface area contributed by atoms with Crippen LogP contribution in [0.5, 0.6) is 0 Å². The molecule has 10 heteroatoms. The van der Waals surface area contributed by atoms with E-state index >= 15 is 4.39 Å². The predicted octanol–water partition coefficient (Wildman–Crippen LogP) is 2.35. The van der Waals surface area contributed by atoms with E-state index < -0.39 is 11.8 Å². The van der Waals surface area contributed by atoms with Gasteiger partial charge in [-0.3, -0.25) is 4.90 Å². The fourth-order valence-corrected chi connectivity index (χ4v) is 4.15. The van der Waals surface area contributed by atoms with Crippen LogP contribution in [0.2, 0.25) is 0 Å². The molecule has 0 spiro atoms.